The van der Waals surface area contributed by atoms with E-state index in [1.807, 2.05) is 0 Å². The van der Waals surface area contributed by atoms with E-state index in [1.54, 1.807) is 6.08 Å². The van der Waals surface area contributed by atoms with E-state index in [0.717, 1.165) is 24.2 Å². The molecule has 2 nitrogen and oxygen atoms in total. The Bertz CT molecular complexity index is 290. The van der Waals surface area contributed by atoms with Gasteiger partial charge in [0, 0.05) is 6.08 Å². The first kappa shape index (κ1) is 16.6. The van der Waals surface area contributed by atoms with Gasteiger partial charge < -0.3 is 9.90 Å². The van der Waals surface area contributed by atoms with Gasteiger partial charge in [0.2, 0.25) is 0 Å². The van der Waals surface area contributed by atoms with Gasteiger partial charge in [-0.2, -0.15) is 0 Å². The molecule has 0 heterocycles. The Morgan fingerprint density at radius 1 is 0.941 bits per heavy atom. The number of rotatable bonds is 7. The summed E-state index contributed by atoms with van der Waals surface area (Å²) in [5, 5.41) is 10.9. The van der Waals surface area contributed by atoms with Crippen molar-refractivity contribution >= 4 is 21.6 Å². The van der Waals surface area contributed by atoms with Gasteiger partial charge in [-0.15, -0.1) is 0 Å². The molecule has 0 spiro atoms. The Morgan fingerprint density at radius 3 is 1.59 bits per heavy atom. The van der Waals surface area contributed by atoms with Crippen LogP contribution in [0.15, 0.2) is 11.5 Å². The molecule has 0 radical (unpaired) electrons. The van der Waals surface area contributed by atoms with Gasteiger partial charge in [0.05, 0.1) is 5.38 Å². The first-order valence-electron chi connectivity index (χ1n) is 6.75. The summed E-state index contributed by atoms with van der Waals surface area (Å²) >= 11 is 0. The second-order valence-electron chi connectivity index (χ2n) is 5.43. The second kappa shape index (κ2) is 6.54. The van der Waals surface area contributed by atoms with Gasteiger partial charge in [-0.05, 0) is 0 Å². The van der Waals surface area contributed by atoms with Crippen LogP contribution in [-0.2, 0) is 4.79 Å². The fourth-order valence-corrected chi connectivity index (χ4v) is 5.21. The summed E-state index contributed by atoms with van der Waals surface area (Å²) in [5.41, 5.74) is 0. The third kappa shape index (κ3) is 3.81. The molecule has 4 heteroatoms. The molecule has 0 fully saturated rings. The number of carbonyl (C=O) groups is 1. The highest BCUT2D eigenvalue weighted by Crippen LogP contribution is 2.24. The van der Waals surface area contributed by atoms with Gasteiger partial charge in [-0.1, -0.05) is 65.0 Å². The lowest BCUT2D eigenvalue weighted by Crippen LogP contribution is -2.40. The van der Waals surface area contributed by atoms with E-state index in [-0.39, 0.29) is 5.41 Å². The van der Waals surface area contributed by atoms with Crippen LogP contribution >= 0.6 is 0 Å². The molecule has 0 atom stereocenters. The minimum Gasteiger partial charge on any atom is -0.517 e. The van der Waals surface area contributed by atoms with Crippen LogP contribution in [0, 0.1) is 0 Å². The molecule has 100 valence electrons. The highest BCUT2D eigenvalue weighted by atomic mass is 28.3. The highest BCUT2D eigenvalue weighted by molar-refractivity contribution is 7.06. The molecule has 0 aliphatic heterocycles. The number of aliphatic hydroxyl groups is 1. The molecule has 0 aromatic rings. The van der Waals surface area contributed by atoms with Crippen molar-refractivity contribution < 1.29 is 9.90 Å². The minimum atomic E-state index is -1.82. The van der Waals surface area contributed by atoms with Crippen molar-refractivity contribution in [3.63, 3.8) is 0 Å². The molecular weight excluding hydrogens is 244 g/mol. The summed E-state index contributed by atoms with van der Waals surface area (Å²) < 4.78 is 0. The monoisotopic (exact) mass is 272 g/mol. The molecule has 0 bridgehead atoms. The van der Waals surface area contributed by atoms with E-state index in [1.165, 1.54) is 0 Å². The van der Waals surface area contributed by atoms with E-state index in [9.17, 15) is 9.90 Å². The average molecular weight is 273 g/mol. The molecule has 1 N–H and O–H groups in total. The van der Waals surface area contributed by atoms with Gasteiger partial charge in [0.25, 0.3) is 0 Å². The van der Waals surface area contributed by atoms with Gasteiger partial charge >= 0.3 is 0 Å². The van der Waals surface area contributed by atoms with Gasteiger partial charge in [0.15, 0.2) is 0 Å². The van der Waals surface area contributed by atoms with Crippen LogP contribution in [0.3, 0.4) is 0 Å². The summed E-state index contributed by atoms with van der Waals surface area (Å²) in [6, 6.07) is 3.91. The first-order valence-corrected chi connectivity index (χ1v) is 12.6. The molecule has 0 aromatic heterocycles. The van der Waals surface area contributed by atoms with Crippen LogP contribution in [-0.4, -0.2) is 26.7 Å². The molecule has 0 saturated carbocycles. The lowest BCUT2D eigenvalue weighted by Gasteiger charge is -2.25. The van der Waals surface area contributed by atoms with Crippen molar-refractivity contribution in [1.82, 2.24) is 0 Å². The number of hydrogen-bond acceptors (Lipinski definition) is 2. The van der Waals surface area contributed by atoms with E-state index < -0.39 is 16.1 Å². The maximum Gasteiger partial charge on any atom is 0.136 e. The van der Waals surface area contributed by atoms with Crippen molar-refractivity contribution in [3.8, 4) is 0 Å². The van der Waals surface area contributed by atoms with Crippen LogP contribution in [0.5, 0.6) is 0 Å². The standard InChI is InChI=1S/C13H28O2Si2/c1-7-16(5,8-2)12(14)11-13(15)17(6,9-3)10-4/h11,14H,7-10H2,1-6H3/b12-11+. The molecule has 0 unspecified atom stereocenters. The van der Waals surface area contributed by atoms with Crippen LogP contribution in [0.2, 0.25) is 37.3 Å². The Kier molecular flexibility index (Phi) is 6.41. The number of hydrogen-bond donors (Lipinski definition) is 1. The normalized spacial score (nSPS) is 13.9. The number of allylic oxidation sites excluding steroid dienone is 1. The average Bonchev–Trinajstić information content (AvgIpc) is 2.36. The first-order chi connectivity index (χ1) is 7.79. The van der Waals surface area contributed by atoms with E-state index in [2.05, 4.69) is 40.8 Å². The molecule has 0 aliphatic carbocycles. The van der Waals surface area contributed by atoms with E-state index >= 15 is 0 Å². The van der Waals surface area contributed by atoms with Crippen LogP contribution in [0.1, 0.15) is 27.7 Å². The molecule has 0 saturated heterocycles. The summed E-state index contributed by atoms with van der Waals surface area (Å²) in [7, 11) is -3.57. The van der Waals surface area contributed by atoms with Crippen molar-refractivity contribution in [2.24, 2.45) is 0 Å². The zero-order chi connectivity index (χ0) is 13.7. The fourth-order valence-electron chi connectivity index (χ4n) is 1.68. The Balaban J connectivity index is 5.10. The molecule has 0 aliphatic rings. The summed E-state index contributed by atoms with van der Waals surface area (Å²) in [5.74, 6) is 0. The minimum absolute atomic E-state index is 0.223. The van der Waals surface area contributed by atoms with E-state index in [4.69, 9.17) is 0 Å². The predicted molar refractivity (Wildman–Crippen MR) is 80.9 cm³/mol. The topological polar surface area (TPSA) is 37.3 Å². The van der Waals surface area contributed by atoms with Crippen molar-refractivity contribution in [1.29, 1.82) is 0 Å². The Labute approximate surface area is 108 Å². The van der Waals surface area contributed by atoms with Crippen molar-refractivity contribution in [2.75, 3.05) is 0 Å². The smallest absolute Gasteiger partial charge is 0.136 e. The lowest BCUT2D eigenvalue weighted by molar-refractivity contribution is -0.108. The lowest BCUT2D eigenvalue weighted by atomic mass is 10.7. The van der Waals surface area contributed by atoms with Crippen molar-refractivity contribution in [2.45, 2.75) is 65.0 Å². The van der Waals surface area contributed by atoms with Crippen molar-refractivity contribution in [3.05, 3.63) is 11.5 Å². The summed E-state index contributed by atoms with van der Waals surface area (Å²) in [4.78, 5) is 12.3. The van der Waals surface area contributed by atoms with Gasteiger partial charge in [-0.3, -0.25) is 0 Å². The third-order valence-corrected chi connectivity index (χ3v) is 13.6. The molecule has 0 amide bonds. The summed E-state index contributed by atoms with van der Waals surface area (Å²) in [6.45, 7) is 12.7. The van der Waals surface area contributed by atoms with Gasteiger partial charge in [0.1, 0.15) is 21.6 Å². The highest BCUT2D eigenvalue weighted by Gasteiger charge is 2.34. The maximum atomic E-state index is 12.3. The molecule has 17 heavy (non-hydrogen) atoms. The predicted octanol–water partition coefficient (Wildman–Crippen LogP) is 4.31. The zero-order valence-electron chi connectivity index (χ0n) is 12.3. The Hall–Kier alpha value is -0.356. The van der Waals surface area contributed by atoms with Crippen LogP contribution in [0.25, 0.3) is 0 Å². The van der Waals surface area contributed by atoms with E-state index in [0.29, 0.717) is 5.38 Å². The Morgan fingerprint density at radius 2 is 1.29 bits per heavy atom. The largest absolute Gasteiger partial charge is 0.517 e. The fraction of sp³-hybridized carbons (Fsp3) is 0.769. The quantitative estimate of drug-likeness (QED) is 0.426. The second-order valence-corrected chi connectivity index (χ2v) is 15.5. The van der Waals surface area contributed by atoms with Gasteiger partial charge in [-0.25, -0.2) is 0 Å². The third-order valence-electron chi connectivity index (χ3n) is 4.60. The number of carbonyl (C=O) groups excluding carboxylic acids is 1. The molecule has 0 aromatic carbocycles. The maximum absolute atomic E-state index is 12.3. The van der Waals surface area contributed by atoms with Crippen LogP contribution < -0.4 is 0 Å². The number of aliphatic hydroxyl groups excluding tert-OH is 1. The zero-order valence-corrected chi connectivity index (χ0v) is 14.3. The SMILES string of the molecule is CC[Si](C)(CC)C(=O)/C=C(\O)[Si](C)(CC)CC. The molecular formula is C13H28O2Si2. The summed E-state index contributed by atoms with van der Waals surface area (Å²) in [6.07, 6.45) is 1.58. The molecule has 0 rings (SSSR count). The van der Waals surface area contributed by atoms with Crippen LogP contribution in [0.4, 0.5) is 0 Å².